The van der Waals surface area contributed by atoms with Gasteiger partial charge in [-0.25, -0.2) is 4.68 Å². The van der Waals surface area contributed by atoms with Crippen molar-refractivity contribution in [3.63, 3.8) is 0 Å². The van der Waals surface area contributed by atoms with Crippen molar-refractivity contribution in [3.05, 3.63) is 47.3 Å². The lowest BCUT2D eigenvalue weighted by molar-refractivity contribution is 0.0376. The molecule has 2 heterocycles. The second-order valence-electron chi connectivity index (χ2n) is 7.05. The van der Waals surface area contributed by atoms with Gasteiger partial charge in [0.25, 0.3) is 0 Å². The number of aryl methyl sites for hydroxylation is 1. The molecule has 3 rings (SSSR count). The minimum Gasteiger partial charge on any atom is -0.396 e. The number of hydrogen-bond donors (Lipinski definition) is 1. The third-order valence-corrected chi connectivity index (χ3v) is 5.64. The first kappa shape index (κ1) is 17.7. The van der Waals surface area contributed by atoms with Gasteiger partial charge in [0.2, 0.25) is 0 Å². The summed E-state index contributed by atoms with van der Waals surface area (Å²) in [6, 6.07) is 12.3. The number of benzene rings is 1. The number of piperidine rings is 1. The summed E-state index contributed by atoms with van der Waals surface area (Å²) < 4.78 is 1.90. The van der Waals surface area contributed by atoms with Crippen LogP contribution in [-0.4, -0.2) is 39.5 Å². The Bertz CT molecular complexity index is 746. The number of aliphatic hydroxyl groups is 1. The van der Waals surface area contributed by atoms with Gasteiger partial charge in [0.05, 0.1) is 22.6 Å². The zero-order valence-corrected chi connectivity index (χ0v) is 15.1. The van der Waals surface area contributed by atoms with Crippen molar-refractivity contribution in [1.29, 1.82) is 5.26 Å². The zero-order chi connectivity index (χ0) is 17.9. The molecule has 0 bridgehead atoms. The van der Waals surface area contributed by atoms with Crippen molar-refractivity contribution >= 4 is 0 Å². The molecule has 0 radical (unpaired) electrons. The first-order valence-corrected chi connectivity index (χ1v) is 8.99. The Labute approximate surface area is 149 Å². The second kappa shape index (κ2) is 7.38. The quantitative estimate of drug-likeness (QED) is 0.910. The van der Waals surface area contributed by atoms with E-state index in [4.69, 9.17) is 0 Å². The average Bonchev–Trinajstić information content (AvgIpc) is 2.98. The maximum absolute atomic E-state index is 9.72. The van der Waals surface area contributed by atoms with Crippen LogP contribution in [-0.2, 0) is 6.54 Å². The van der Waals surface area contributed by atoms with Crippen LogP contribution in [0.15, 0.2) is 30.3 Å². The van der Waals surface area contributed by atoms with Crippen LogP contribution in [0.2, 0.25) is 0 Å². The highest BCUT2D eigenvalue weighted by atomic mass is 16.3. The van der Waals surface area contributed by atoms with Crippen LogP contribution in [0.4, 0.5) is 0 Å². The molecule has 0 saturated carbocycles. The summed E-state index contributed by atoms with van der Waals surface area (Å²) in [6.07, 6.45) is 3.02. The third kappa shape index (κ3) is 3.46. The first-order chi connectivity index (χ1) is 12.1. The van der Waals surface area contributed by atoms with Crippen LogP contribution < -0.4 is 0 Å². The minimum absolute atomic E-state index is 0.0736. The van der Waals surface area contributed by atoms with Gasteiger partial charge in [-0.2, -0.15) is 10.4 Å². The van der Waals surface area contributed by atoms with Gasteiger partial charge in [-0.3, -0.25) is 4.90 Å². The van der Waals surface area contributed by atoms with Gasteiger partial charge in [0.1, 0.15) is 6.07 Å². The summed E-state index contributed by atoms with van der Waals surface area (Å²) >= 11 is 0. The fourth-order valence-corrected chi connectivity index (χ4v) is 3.67. The molecule has 0 amide bonds. The van der Waals surface area contributed by atoms with Gasteiger partial charge in [0, 0.05) is 13.2 Å². The van der Waals surface area contributed by atoms with Crippen molar-refractivity contribution in [2.24, 2.45) is 5.41 Å². The van der Waals surface area contributed by atoms with E-state index in [1.807, 2.05) is 41.9 Å². The van der Waals surface area contributed by atoms with E-state index in [2.05, 4.69) is 23.0 Å². The summed E-state index contributed by atoms with van der Waals surface area (Å²) in [7, 11) is 0. The van der Waals surface area contributed by atoms with Crippen LogP contribution in [0.5, 0.6) is 0 Å². The molecule has 1 fully saturated rings. The smallest absolute Gasteiger partial charge is 0.103 e. The molecule has 1 aromatic heterocycles. The maximum Gasteiger partial charge on any atom is 0.103 e. The van der Waals surface area contributed by atoms with Crippen LogP contribution in [0, 0.1) is 23.7 Å². The molecule has 0 unspecified atom stereocenters. The lowest BCUT2D eigenvalue weighted by atomic mass is 9.77. The number of para-hydroxylation sites is 1. The largest absolute Gasteiger partial charge is 0.396 e. The van der Waals surface area contributed by atoms with Gasteiger partial charge in [-0.1, -0.05) is 25.1 Å². The summed E-state index contributed by atoms with van der Waals surface area (Å²) in [5.74, 6) is 0. The van der Waals surface area contributed by atoms with E-state index in [9.17, 15) is 10.4 Å². The van der Waals surface area contributed by atoms with E-state index >= 15 is 0 Å². The number of hydrogen-bond acceptors (Lipinski definition) is 4. The van der Waals surface area contributed by atoms with Crippen LogP contribution in [0.3, 0.4) is 0 Å². The number of nitriles is 1. The van der Waals surface area contributed by atoms with Crippen molar-refractivity contribution < 1.29 is 5.11 Å². The Hall–Kier alpha value is -2.16. The number of aliphatic hydroxyl groups excluding tert-OH is 1. The Morgan fingerprint density at radius 3 is 2.48 bits per heavy atom. The van der Waals surface area contributed by atoms with E-state index in [0.29, 0.717) is 12.1 Å². The molecule has 1 saturated heterocycles. The summed E-state index contributed by atoms with van der Waals surface area (Å²) in [4.78, 5) is 2.38. The third-order valence-electron chi connectivity index (χ3n) is 5.64. The van der Waals surface area contributed by atoms with Crippen molar-refractivity contribution in [2.45, 2.75) is 39.7 Å². The second-order valence-corrected chi connectivity index (χ2v) is 7.05. The van der Waals surface area contributed by atoms with E-state index < -0.39 is 0 Å². The number of likely N-dealkylation sites (tertiary alicyclic amines) is 1. The summed E-state index contributed by atoms with van der Waals surface area (Å²) in [5, 5.41) is 23.9. The predicted octanol–water partition coefficient (Wildman–Crippen LogP) is 3.04. The van der Waals surface area contributed by atoms with Gasteiger partial charge in [-0.15, -0.1) is 0 Å². The predicted molar refractivity (Wildman–Crippen MR) is 97.3 cm³/mol. The van der Waals surface area contributed by atoms with Crippen molar-refractivity contribution in [3.8, 4) is 11.8 Å². The molecule has 132 valence electrons. The van der Waals surface area contributed by atoms with Gasteiger partial charge >= 0.3 is 0 Å². The van der Waals surface area contributed by atoms with Crippen molar-refractivity contribution in [1.82, 2.24) is 14.7 Å². The Kier molecular flexibility index (Phi) is 5.22. The molecule has 0 atom stereocenters. The van der Waals surface area contributed by atoms with Gasteiger partial charge in [0.15, 0.2) is 0 Å². The Morgan fingerprint density at radius 2 is 1.92 bits per heavy atom. The molecule has 1 aliphatic rings. The van der Waals surface area contributed by atoms with Crippen LogP contribution in [0.1, 0.15) is 43.1 Å². The van der Waals surface area contributed by atoms with Crippen molar-refractivity contribution in [2.75, 3.05) is 19.7 Å². The van der Waals surface area contributed by atoms with Gasteiger partial charge < -0.3 is 5.11 Å². The molecular weight excluding hydrogens is 312 g/mol. The summed E-state index contributed by atoms with van der Waals surface area (Å²) in [5.41, 5.74) is 3.47. The minimum atomic E-state index is 0.0736. The highest BCUT2D eigenvalue weighted by Gasteiger charge is 2.33. The molecule has 5 heteroatoms. The molecular formula is C20H26N4O. The van der Waals surface area contributed by atoms with E-state index in [-0.39, 0.29) is 12.0 Å². The van der Waals surface area contributed by atoms with E-state index in [1.165, 1.54) is 0 Å². The molecule has 1 N–H and O–H groups in total. The Morgan fingerprint density at radius 1 is 1.24 bits per heavy atom. The molecule has 5 nitrogen and oxygen atoms in total. The molecule has 0 spiro atoms. The molecule has 1 aliphatic heterocycles. The van der Waals surface area contributed by atoms with Crippen LogP contribution >= 0.6 is 0 Å². The monoisotopic (exact) mass is 338 g/mol. The number of rotatable bonds is 5. The van der Waals surface area contributed by atoms with Gasteiger partial charge in [-0.05, 0) is 56.8 Å². The lowest BCUT2D eigenvalue weighted by Crippen LogP contribution is -2.41. The molecule has 2 aromatic rings. The lowest BCUT2D eigenvalue weighted by Gasteiger charge is -2.40. The zero-order valence-electron chi connectivity index (χ0n) is 15.1. The fraction of sp³-hybridized carbons (Fsp3) is 0.500. The SMILES string of the molecule is CCC1(CO)CCN(Cc2c(C#N)c(C)nn2-c2ccccc2)CC1. The number of nitrogens with zero attached hydrogens (tertiary/aromatic N) is 4. The average molecular weight is 338 g/mol. The maximum atomic E-state index is 9.72. The molecule has 25 heavy (non-hydrogen) atoms. The highest BCUT2D eigenvalue weighted by Crippen LogP contribution is 2.35. The highest BCUT2D eigenvalue weighted by molar-refractivity contribution is 5.43. The molecule has 0 aliphatic carbocycles. The van der Waals surface area contributed by atoms with Crippen LogP contribution in [0.25, 0.3) is 5.69 Å². The topological polar surface area (TPSA) is 65.1 Å². The molecule has 1 aromatic carbocycles. The standard InChI is InChI=1S/C20H26N4O/c1-3-20(15-25)9-11-23(12-10-20)14-19-18(13-21)16(2)22-24(19)17-7-5-4-6-8-17/h4-8,25H,3,9-12,14-15H2,1-2H3. The van der Waals surface area contributed by atoms with E-state index in [1.54, 1.807) is 0 Å². The fourth-order valence-electron chi connectivity index (χ4n) is 3.67. The Balaban J connectivity index is 1.85. The summed E-state index contributed by atoms with van der Waals surface area (Å²) in [6.45, 7) is 6.92. The number of aromatic nitrogens is 2. The van der Waals surface area contributed by atoms with E-state index in [0.717, 1.165) is 49.4 Å². The normalized spacial score (nSPS) is 17.4. The first-order valence-electron chi connectivity index (χ1n) is 8.99.